The van der Waals surface area contributed by atoms with Crippen molar-refractivity contribution < 1.29 is 9.47 Å². The highest BCUT2D eigenvalue weighted by Gasteiger charge is 2.23. The molecule has 0 aromatic heterocycles. The molecule has 1 aliphatic heterocycles. The molecule has 4 nitrogen and oxygen atoms in total. The molecule has 1 aliphatic rings. The van der Waals surface area contributed by atoms with Crippen LogP contribution in [0.3, 0.4) is 0 Å². The van der Waals surface area contributed by atoms with Crippen molar-refractivity contribution in [3.63, 3.8) is 0 Å². The van der Waals surface area contributed by atoms with Crippen LogP contribution in [-0.2, 0) is 11.2 Å². The molecule has 1 saturated heterocycles. The Bertz CT molecular complexity index is 598. The van der Waals surface area contributed by atoms with Gasteiger partial charge in [-0.1, -0.05) is 48.5 Å². The number of piperazine rings is 1. The van der Waals surface area contributed by atoms with Gasteiger partial charge in [0.05, 0.1) is 0 Å². The fourth-order valence-electron chi connectivity index (χ4n) is 3.26. The number of ether oxygens (including phenoxy) is 2. The first kappa shape index (κ1) is 17.9. The molecule has 3 rings (SSSR count). The Morgan fingerprint density at radius 3 is 2.16 bits per heavy atom. The molecule has 2 aromatic rings. The maximum atomic E-state index is 5.80. The average Bonchev–Trinajstić information content (AvgIpc) is 2.68. The summed E-state index contributed by atoms with van der Waals surface area (Å²) in [5.41, 5.74) is 1.33. The van der Waals surface area contributed by atoms with Crippen LogP contribution >= 0.6 is 0 Å². The number of benzene rings is 2. The topological polar surface area (TPSA) is 24.9 Å². The van der Waals surface area contributed by atoms with E-state index >= 15 is 0 Å². The Morgan fingerprint density at radius 2 is 1.52 bits per heavy atom. The second-order valence-corrected chi connectivity index (χ2v) is 6.42. The number of methoxy groups -OCH3 is 1. The minimum atomic E-state index is 0.158. The maximum Gasteiger partial charge on any atom is 0.119 e. The molecule has 25 heavy (non-hydrogen) atoms. The van der Waals surface area contributed by atoms with E-state index in [0.717, 1.165) is 51.5 Å². The van der Waals surface area contributed by atoms with Crippen LogP contribution in [0.2, 0.25) is 0 Å². The lowest BCUT2D eigenvalue weighted by Gasteiger charge is -2.38. The normalized spacial score (nSPS) is 17.3. The van der Waals surface area contributed by atoms with Crippen LogP contribution in [0, 0.1) is 0 Å². The van der Waals surface area contributed by atoms with Crippen molar-refractivity contribution >= 4 is 0 Å². The monoisotopic (exact) mass is 340 g/mol. The SMILES string of the molecule is COC(Cc1ccccc1)N1CCN(CCOc2ccccc2)CC1. The lowest BCUT2D eigenvalue weighted by atomic mass is 10.1. The van der Waals surface area contributed by atoms with Crippen LogP contribution in [0.25, 0.3) is 0 Å². The van der Waals surface area contributed by atoms with Gasteiger partial charge in [-0.15, -0.1) is 0 Å². The first-order valence-electron chi connectivity index (χ1n) is 9.06. The molecule has 4 heteroatoms. The molecule has 0 N–H and O–H groups in total. The Kier molecular flexibility index (Phi) is 6.86. The predicted molar refractivity (Wildman–Crippen MR) is 101 cm³/mol. The predicted octanol–water partition coefficient (Wildman–Crippen LogP) is 2.90. The van der Waals surface area contributed by atoms with Gasteiger partial charge in [0.1, 0.15) is 18.6 Å². The van der Waals surface area contributed by atoms with Gasteiger partial charge in [0.15, 0.2) is 0 Å². The van der Waals surface area contributed by atoms with E-state index in [-0.39, 0.29) is 6.23 Å². The molecular formula is C21H28N2O2. The first-order chi connectivity index (χ1) is 12.3. The molecule has 1 fully saturated rings. The summed E-state index contributed by atoms with van der Waals surface area (Å²) in [7, 11) is 1.81. The smallest absolute Gasteiger partial charge is 0.119 e. The highest BCUT2D eigenvalue weighted by Crippen LogP contribution is 2.13. The van der Waals surface area contributed by atoms with Crippen molar-refractivity contribution in [2.75, 3.05) is 46.4 Å². The number of nitrogens with zero attached hydrogens (tertiary/aromatic N) is 2. The lowest BCUT2D eigenvalue weighted by Crippen LogP contribution is -2.52. The summed E-state index contributed by atoms with van der Waals surface area (Å²) in [6, 6.07) is 20.6. The van der Waals surface area contributed by atoms with E-state index in [1.807, 2.05) is 37.4 Å². The van der Waals surface area contributed by atoms with Crippen molar-refractivity contribution in [3.8, 4) is 5.75 Å². The van der Waals surface area contributed by atoms with Gasteiger partial charge in [-0.2, -0.15) is 0 Å². The second-order valence-electron chi connectivity index (χ2n) is 6.42. The first-order valence-corrected chi connectivity index (χ1v) is 9.06. The van der Waals surface area contributed by atoms with Crippen molar-refractivity contribution in [1.29, 1.82) is 0 Å². The molecule has 0 aliphatic carbocycles. The van der Waals surface area contributed by atoms with E-state index in [1.165, 1.54) is 5.56 Å². The van der Waals surface area contributed by atoms with Gasteiger partial charge >= 0.3 is 0 Å². The number of rotatable bonds is 8. The van der Waals surface area contributed by atoms with Gasteiger partial charge in [0.2, 0.25) is 0 Å². The quantitative estimate of drug-likeness (QED) is 0.738. The fourth-order valence-corrected chi connectivity index (χ4v) is 3.26. The van der Waals surface area contributed by atoms with Crippen molar-refractivity contribution in [1.82, 2.24) is 9.80 Å². The summed E-state index contributed by atoms with van der Waals surface area (Å²) in [6.07, 6.45) is 1.10. The molecule has 1 atom stereocenters. The summed E-state index contributed by atoms with van der Waals surface area (Å²) in [5.74, 6) is 0.948. The Balaban J connectivity index is 1.40. The Morgan fingerprint density at radius 1 is 0.880 bits per heavy atom. The Labute approximate surface area is 151 Å². The van der Waals surface area contributed by atoms with Crippen LogP contribution in [0.15, 0.2) is 60.7 Å². The van der Waals surface area contributed by atoms with Gasteiger partial charge in [0.25, 0.3) is 0 Å². The average molecular weight is 340 g/mol. The van der Waals surface area contributed by atoms with Gasteiger partial charge in [-0.25, -0.2) is 0 Å². The van der Waals surface area contributed by atoms with Crippen LogP contribution in [0.5, 0.6) is 5.75 Å². The highest BCUT2D eigenvalue weighted by molar-refractivity contribution is 5.20. The van der Waals surface area contributed by atoms with Gasteiger partial charge in [0, 0.05) is 46.3 Å². The largest absolute Gasteiger partial charge is 0.492 e. The summed E-state index contributed by atoms with van der Waals surface area (Å²) in [6.45, 7) is 5.91. The fraction of sp³-hybridized carbons (Fsp3) is 0.429. The second kappa shape index (κ2) is 9.56. The number of hydrogen-bond donors (Lipinski definition) is 0. The molecule has 2 aromatic carbocycles. The number of hydrogen-bond acceptors (Lipinski definition) is 4. The summed E-state index contributed by atoms with van der Waals surface area (Å²) >= 11 is 0. The van der Waals surface area contributed by atoms with E-state index in [1.54, 1.807) is 0 Å². The van der Waals surface area contributed by atoms with E-state index in [4.69, 9.17) is 9.47 Å². The minimum Gasteiger partial charge on any atom is -0.492 e. The number of para-hydroxylation sites is 1. The third-order valence-electron chi connectivity index (χ3n) is 4.76. The van der Waals surface area contributed by atoms with Crippen LogP contribution < -0.4 is 4.74 Å². The van der Waals surface area contributed by atoms with E-state index < -0.39 is 0 Å². The van der Waals surface area contributed by atoms with Crippen molar-refractivity contribution in [3.05, 3.63) is 66.2 Å². The summed E-state index contributed by atoms with van der Waals surface area (Å²) in [4.78, 5) is 4.91. The lowest BCUT2D eigenvalue weighted by molar-refractivity contribution is -0.0534. The molecule has 0 spiro atoms. The zero-order valence-corrected chi connectivity index (χ0v) is 15.0. The summed E-state index contributed by atoms with van der Waals surface area (Å²) in [5, 5.41) is 0. The van der Waals surface area contributed by atoms with Crippen molar-refractivity contribution in [2.45, 2.75) is 12.6 Å². The third-order valence-corrected chi connectivity index (χ3v) is 4.76. The van der Waals surface area contributed by atoms with Gasteiger partial charge in [-0.3, -0.25) is 9.80 Å². The molecule has 0 bridgehead atoms. The molecule has 1 heterocycles. The zero-order valence-electron chi connectivity index (χ0n) is 15.0. The van der Waals surface area contributed by atoms with Gasteiger partial charge < -0.3 is 9.47 Å². The molecule has 134 valence electrons. The molecular weight excluding hydrogens is 312 g/mol. The van der Waals surface area contributed by atoms with Crippen LogP contribution in [0.4, 0.5) is 0 Å². The third kappa shape index (κ3) is 5.56. The van der Waals surface area contributed by atoms with Gasteiger partial charge in [-0.05, 0) is 17.7 Å². The molecule has 1 unspecified atom stereocenters. The Hall–Kier alpha value is -1.88. The van der Waals surface area contributed by atoms with Crippen LogP contribution in [-0.4, -0.2) is 62.5 Å². The van der Waals surface area contributed by atoms with Crippen molar-refractivity contribution in [2.24, 2.45) is 0 Å². The maximum absolute atomic E-state index is 5.80. The van der Waals surface area contributed by atoms with E-state index in [2.05, 4.69) is 40.1 Å². The zero-order chi connectivity index (χ0) is 17.3. The minimum absolute atomic E-state index is 0.158. The van der Waals surface area contributed by atoms with E-state index in [0.29, 0.717) is 0 Å². The summed E-state index contributed by atoms with van der Waals surface area (Å²) < 4.78 is 11.6. The van der Waals surface area contributed by atoms with Crippen LogP contribution in [0.1, 0.15) is 5.56 Å². The standard InChI is InChI=1S/C21H28N2O2/c1-24-21(18-19-8-4-2-5-9-19)23-14-12-22(13-15-23)16-17-25-20-10-6-3-7-11-20/h2-11,21H,12-18H2,1H3. The highest BCUT2D eigenvalue weighted by atomic mass is 16.5. The molecule has 0 amide bonds. The molecule has 0 radical (unpaired) electrons. The molecule has 0 saturated carbocycles. The van der Waals surface area contributed by atoms with E-state index in [9.17, 15) is 0 Å².